The van der Waals surface area contributed by atoms with Crippen molar-refractivity contribution in [3.8, 4) is 5.75 Å². The van der Waals surface area contributed by atoms with E-state index in [2.05, 4.69) is 0 Å². The summed E-state index contributed by atoms with van der Waals surface area (Å²) in [5, 5.41) is 0.634. The van der Waals surface area contributed by atoms with E-state index in [9.17, 15) is 0 Å². The first-order valence-corrected chi connectivity index (χ1v) is 4.92. The molecule has 0 saturated carbocycles. The summed E-state index contributed by atoms with van der Waals surface area (Å²) in [7, 11) is 1.62. The third-order valence-electron chi connectivity index (χ3n) is 1.90. The number of methoxy groups -OCH3 is 1. The Labute approximate surface area is 90.0 Å². The van der Waals surface area contributed by atoms with Crippen molar-refractivity contribution in [2.45, 2.75) is 25.8 Å². The molecule has 0 amide bonds. The number of rotatable bonds is 3. The van der Waals surface area contributed by atoms with E-state index < -0.39 is 0 Å². The molecule has 0 aliphatic heterocycles. The van der Waals surface area contributed by atoms with E-state index in [1.54, 1.807) is 7.11 Å². The second kappa shape index (κ2) is 4.20. The van der Waals surface area contributed by atoms with E-state index in [1.165, 1.54) is 0 Å². The molecule has 0 aliphatic carbocycles. The van der Waals surface area contributed by atoms with Crippen LogP contribution in [-0.2, 0) is 6.42 Å². The van der Waals surface area contributed by atoms with E-state index in [0.29, 0.717) is 5.02 Å². The van der Waals surface area contributed by atoms with Crippen LogP contribution in [-0.4, -0.2) is 12.6 Å². The minimum absolute atomic E-state index is 0.252. The molecule has 14 heavy (non-hydrogen) atoms. The van der Waals surface area contributed by atoms with Gasteiger partial charge in [-0.15, -0.1) is 0 Å². The third-order valence-corrected chi connectivity index (χ3v) is 2.20. The van der Waals surface area contributed by atoms with Crippen molar-refractivity contribution in [3.63, 3.8) is 0 Å². The van der Waals surface area contributed by atoms with Crippen LogP contribution < -0.4 is 10.5 Å². The Bertz CT molecular complexity index is 318. The highest BCUT2D eigenvalue weighted by atomic mass is 35.5. The number of halogens is 1. The summed E-state index contributed by atoms with van der Waals surface area (Å²) in [5.74, 6) is 0.729. The molecule has 0 unspecified atom stereocenters. The summed E-state index contributed by atoms with van der Waals surface area (Å²) in [5.41, 5.74) is 6.74. The zero-order chi connectivity index (χ0) is 10.8. The van der Waals surface area contributed by atoms with E-state index in [-0.39, 0.29) is 5.54 Å². The van der Waals surface area contributed by atoms with Gasteiger partial charge in [0.15, 0.2) is 0 Å². The van der Waals surface area contributed by atoms with E-state index >= 15 is 0 Å². The molecule has 0 heterocycles. The van der Waals surface area contributed by atoms with Gasteiger partial charge in [-0.05, 0) is 31.9 Å². The molecule has 1 aromatic carbocycles. The Morgan fingerprint density at radius 1 is 1.43 bits per heavy atom. The van der Waals surface area contributed by atoms with Crippen molar-refractivity contribution in [1.29, 1.82) is 0 Å². The van der Waals surface area contributed by atoms with Gasteiger partial charge in [0.1, 0.15) is 5.75 Å². The van der Waals surface area contributed by atoms with Gasteiger partial charge in [0, 0.05) is 5.54 Å². The SMILES string of the molecule is COc1c(Cl)cccc1CC(C)(C)N. The van der Waals surface area contributed by atoms with Gasteiger partial charge in [0.05, 0.1) is 12.1 Å². The van der Waals surface area contributed by atoms with Crippen LogP contribution in [0.4, 0.5) is 0 Å². The van der Waals surface area contributed by atoms with E-state index in [0.717, 1.165) is 17.7 Å². The number of para-hydroxylation sites is 1. The molecule has 1 rings (SSSR count). The fourth-order valence-electron chi connectivity index (χ4n) is 1.41. The lowest BCUT2D eigenvalue weighted by atomic mass is 9.96. The molecular weight excluding hydrogens is 198 g/mol. The van der Waals surface area contributed by atoms with Gasteiger partial charge < -0.3 is 10.5 Å². The third kappa shape index (κ3) is 2.89. The molecule has 0 saturated heterocycles. The summed E-state index contributed by atoms with van der Waals surface area (Å²) in [6.45, 7) is 3.96. The molecule has 2 N–H and O–H groups in total. The zero-order valence-corrected chi connectivity index (χ0v) is 9.56. The summed E-state index contributed by atoms with van der Waals surface area (Å²) in [6, 6.07) is 5.71. The van der Waals surface area contributed by atoms with Gasteiger partial charge in [0.25, 0.3) is 0 Å². The molecule has 0 bridgehead atoms. The average molecular weight is 214 g/mol. The highest BCUT2D eigenvalue weighted by Crippen LogP contribution is 2.30. The molecule has 0 aliphatic rings. The van der Waals surface area contributed by atoms with Crippen molar-refractivity contribution in [2.24, 2.45) is 5.73 Å². The minimum atomic E-state index is -0.252. The lowest BCUT2D eigenvalue weighted by Gasteiger charge is -2.20. The number of nitrogens with two attached hydrogens (primary N) is 1. The molecule has 1 aromatic rings. The summed E-state index contributed by atoms with van der Waals surface area (Å²) >= 11 is 5.99. The average Bonchev–Trinajstić information content (AvgIpc) is 2.01. The van der Waals surface area contributed by atoms with Gasteiger partial charge in [-0.25, -0.2) is 0 Å². The molecule has 78 valence electrons. The van der Waals surface area contributed by atoms with Crippen LogP contribution in [0.2, 0.25) is 5.02 Å². The van der Waals surface area contributed by atoms with Gasteiger partial charge in [0.2, 0.25) is 0 Å². The van der Waals surface area contributed by atoms with Crippen LogP contribution in [0.25, 0.3) is 0 Å². The maximum atomic E-state index is 5.99. The first-order chi connectivity index (χ1) is 6.44. The highest BCUT2D eigenvalue weighted by Gasteiger charge is 2.16. The van der Waals surface area contributed by atoms with Gasteiger partial charge >= 0.3 is 0 Å². The summed E-state index contributed by atoms with van der Waals surface area (Å²) < 4.78 is 5.23. The first kappa shape index (κ1) is 11.3. The Hall–Kier alpha value is -0.730. The monoisotopic (exact) mass is 213 g/mol. The first-order valence-electron chi connectivity index (χ1n) is 4.54. The summed E-state index contributed by atoms with van der Waals surface area (Å²) in [6.07, 6.45) is 0.747. The van der Waals surface area contributed by atoms with Crippen LogP contribution in [0.3, 0.4) is 0 Å². The van der Waals surface area contributed by atoms with Crippen LogP contribution in [0, 0.1) is 0 Å². The molecule has 0 atom stereocenters. The number of ether oxygens (including phenoxy) is 1. The van der Waals surface area contributed by atoms with Crippen molar-refractivity contribution in [1.82, 2.24) is 0 Å². The van der Waals surface area contributed by atoms with Crippen molar-refractivity contribution in [3.05, 3.63) is 28.8 Å². The predicted molar refractivity (Wildman–Crippen MR) is 60.0 cm³/mol. The molecule has 0 fully saturated rings. The Morgan fingerprint density at radius 2 is 2.07 bits per heavy atom. The van der Waals surface area contributed by atoms with Gasteiger partial charge in [-0.2, -0.15) is 0 Å². The van der Waals surface area contributed by atoms with Crippen molar-refractivity contribution in [2.75, 3.05) is 7.11 Å². The maximum absolute atomic E-state index is 5.99. The maximum Gasteiger partial charge on any atom is 0.140 e. The second-order valence-electron chi connectivity index (χ2n) is 4.10. The van der Waals surface area contributed by atoms with Crippen molar-refractivity contribution < 1.29 is 4.74 Å². The lowest BCUT2D eigenvalue weighted by Crippen LogP contribution is -2.34. The molecule has 0 spiro atoms. The Balaban J connectivity index is 3.02. The van der Waals surface area contributed by atoms with E-state index in [4.69, 9.17) is 22.1 Å². The van der Waals surface area contributed by atoms with Crippen molar-refractivity contribution >= 4 is 11.6 Å². The van der Waals surface area contributed by atoms with Crippen LogP contribution in [0.15, 0.2) is 18.2 Å². The number of hydrogen-bond acceptors (Lipinski definition) is 2. The zero-order valence-electron chi connectivity index (χ0n) is 8.80. The molecule has 3 heteroatoms. The quantitative estimate of drug-likeness (QED) is 0.838. The molecule has 0 aromatic heterocycles. The highest BCUT2D eigenvalue weighted by molar-refractivity contribution is 6.32. The fraction of sp³-hybridized carbons (Fsp3) is 0.455. The molecular formula is C11H16ClNO. The number of hydrogen-bond donors (Lipinski definition) is 1. The molecule has 0 radical (unpaired) electrons. The van der Waals surface area contributed by atoms with Gasteiger partial charge in [-0.1, -0.05) is 23.7 Å². The smallest absolute Gasteiger partial charge is 0.140 e. The Kier molecular flexibility index (Phi) is 3.40. The second-order valence-corrected chi connectivity index (χ2v) is 4.50. The van der Waals surface area contributed by atoms with Crippen LogP contribution >= 0.6 is 11.6 Å². The fourth-order valence-corrected chi connectivity index (χ4v) is 1.68. The summed E-state index contributed by atoms with van der Waals surface area (Å²) in [4.78, 5) is 0. The topological polar surface area (TPSA) is 35.2 Å². The van der Waals surface area contributed by atoms with Crippen LogP contribution in [0.5, 0.6) is 5.75 Å². The standard InChI is InChI=1S/C11H16ClNO/c1-11(2,13)7-8-5-4-6-9(12)10(8)14-3/h4-6H,7,13H2,1-3H3. The predicted octanol–water partition coefficient (Wildman–Crippen LogP) is 2.63. The van der Waals surface area contributed by atoms with E-state index in [1.807, 2.05) is 32.0 Å². The number of benzene rings is 1. The normalized spacial score (nSPS) is 11.5. The van der Waals surface area contributed by atoms with Crippen LogP contribution in [0.1, 0.15) is 19.4 Å². The Morgan fingerprint density at radius 3 is 2.57 bits per heavy atom. The minimum Gasteiger partial charge on any atom is -0.495 e. The largest absolute Gasteiger partial charge is 0.495 e. The molecule has 2 nitrogen and oxygen atoms in total. The van der Waals surface area contributed by atoms with Gasteiger partial charge in [-0.3, -0.25) is 0 Å². The lowest BCUT2D eigenvalue weighted by molar-refractivity contribution is 0.402.